The van der Waals surface area contributed by atoms with Crippen molar-refractivity contribution in [3.8, 4) is 0 Å². The van der Waals surface area contributed by atoms with Crippen LogP contribution in [0.5, 0.6) is 0 Å². The van der Waals surface area contributed by atoms with Crippen molar-refractivity contribution in [3.63, 3.8) is 0 Å². The molecule has 2 aliphatic rings. The van der Waals surface area contributed by atoms with E-state index in [1.807, 2.05) is 30.6 Å². The summed E-state index contributed by atoms with van der Waals surface area (Å²) in [5.41, 5.74) is 0. The zero-order valence-corrected chi connectivity index (χ0v) is 11.7. The Kier molecular flexibility index (Phi) is 6.68. The Bertz CT molecular complexity index is 316. The summed E-state index contributed by atoms with van der Waals surface area (Å²) in [6, 6.07) is 0. The molecule has 106 valence electrons. The van der Waals surface area contributed by atoms with Crippen molar-refractivity contribution in [2.75, 3.05) is 45.8 Å². The maximum absolute atomic E-state index is 4.45. The third kappa shape index (κ3) is 6.03. The molecule has 0 aromatic heterocycles. The maximum Gasteiger partial charge on any atom is 0.0392 e. The minimum Gasteiger partial charge on any atom is -0.391 e. The molecule has 4 nitrogen and oxygen atoms in total. The Hall–Kier alpha value is -1.13. The lowest BCUT2D eigenvalue weighted by molar-refractivity contribution is 0.197. The van der Waals surface area contributed by atoms with Gasteiger partial charge in [0.15, 0.2) is 0 Å². The SMILES string of the molecule is C1=NCCC(CN2CCNCC2)CCN/C=C/C=C\1. The quantitative estimate of drug-likeness (QED) is 0.781. The molecule has 0 aromatic rings. The van der Waals surface area contributed by atoms with Gasteiger partial charge in [0.05, 0.1) is 0 Å². The van der Waals surface area contributed by atoms with Gasteiger partial charge in [-0.3, -0.25) is 4.99 Å². The third-order valence-electron chi connectivity index (χ3n) is 3.72. The number of allylic oxidation sites excluding steroid dienone is 3. The molecule has 2 aliphatic heterocycles. The molecule has 0 bridgehead atoms. The van der Waals surface area contributed by atoms with Crippen LogP contribution >= 0.6 is 0 Å². The van der Waals surface area contributed by atoms with Gasteiger partial charge >= 0.3 is 0 Å². The fourth-order valence-electron chi connectivity index (χ4n) is 2.59. The van der Waals surface area contributed by atoms with E-state index < -0.39 is 0 Å². The van der Waals surface area contributed by atoms with Gasteiger partial charge in [0.2, 0.25) is 0 Å². The zero-order valence-electron chi connectivity index (χ0n) is 11.7. The van der Waals surface area contributed by atoms with E-state index in [1.54, 1.807) is 0 Å². The van der Waals surface area contributed by atoms with Crippen LogP contribution in [0.25, 0.3) is 0 Å². The molecule has 0 aliphatic carbocycles. The number of nitrogens with one attached hydrogen (secondary N) is 2. The van der Waals surface area contributed by atoms with Crippen LogP contribution in [0.2, 0.25) is 0 Å². The highest BCUT2D eigenvalue weighted by Crippen LogP contribution is 2.11. The second-order valence-electron chi connectivity index (χ2n) is 5.25. The smallest absolute Gasteiger partial charge is 0.0392 e. The highest BCUT2D eigenvalue weighted by molar-refractivity contribution is 5.71. The summed E-state index contributed by atoms with van der Waals surface area (Å²) in [4.78, 5) is 7.04. The van der Waals surface area contributed by atoms with Gasteiger partial charge in [0.1, 0.15) is 0 Å². The normalized spacial score (nSPS) is 29.8. The average molecular weight is 262 g/mol. The summed E-state index contributed by atoms with van der Waals surface area (Å²) in [5.74, 6) is 0.750. The Balaban J connectivity index is 1.81. The Morgan fingerprint density at radius 3 is 2.84 bits per heavy atom. The lowest BCUT2D eigenvalue weighted by Gasteiger charge is -2.31. The van der Waals surface area contributed by atoms with Crippen molar-refractivity contribution in [3.05, 3.63) is 24.4 Å². The lowest BCUT2D eigenvalue weighted by Crippen LogP contribution is -2.45. The van der Waals surface area contributed by atoms with E-state index in [-0.39, 0.29) is 0 Å². The number of hydrogen-bond donors (Lipinski definition) is 2. The first-order valence-electron chi connectivity index (χ1n) is 7.43. The molecule has 0 amide bonds. The monoisotopic (exact) mass is 262 g/mol. The van der Waals surface area contributed by atoms with E-state index in [0.717, 1.165) is 32.1 Å². The largest absolute Gasteiger partial charge is 0.391 e. The van der Waals surface area contributed by atoms with Gasteiger partial charge in [-0.05, 0) is 37.1 Å². The van der Waals surface area contributed by atoms with Gasteiger partial charge in [-0.1, -0.05) is 6.08 Å². The molecule has 2 N–H and O–H groups in total. The minimum absolute atomic E-state index is 0.750. The predicted molar refractivity (Wildman–Crippen MR) is 81.7 cm³/mol. The fraction of sp³-hybridized carbons (Fsp3) is 0.667. The van der Waals surface area contributed by atoms with E-state index in [9.17, 15) is 0 Å². The van der Waals surface area contributed by atoms with E-state index in [1.165, 1.54) is 32.5 Å². The van der Waals surface area contributed by atoms with Crippen LogP contribution in [0, 0.1) is 5.92 Å². The molecule has 0 spiro atoms. The molecular formula is C15H26N4. The standard InChI is InChI=1S/C15H26N4/c1-2-6-16-8-4-15(5-9-17-7-3-1)14-19-12-10-18-11-13-19/h1-3,6-7,15-16,18H,4-5,8-14H2/b3-1-,6-2+,17-7?. The van der Waals surface area contributed by atoms with Gasteiger partial charge in [0, 0.05) is 52.0 Å². The van der Waals surface area contributed by atoms with Gasteiger partial charge < -0.3 is 15.5 Å². The molecule has 0 saturated carbocycles. The molecule has 1 unspecified atom stereocenters. The van der Waals surface area contributed by atoms with Crippen LogP contribution in [-0.4, -0.2) is 56.9 Å². The molecule has 1 atom stereocenters. The highest BCUT2D eigenvalue weighted by Gasteiger charge is 2.15. The molecule has 0 radical (unpaired) electrons. The first kappa shape index (κ1) is 14.3. The first-order chi connectivity index (χ1) is 9.45. The van der Waals surface area contributed by atoms with Gasteiger partial charge in [-0.2, -0.15) is 0 Å². The predicted octanol–water partition coefficient (Wildman–Crippen LogP) is 1.03. The molecule has 1 fully saturated rings. The van der Waals surface area contributed by atoms with Gasteiger partial charge in [-0.25, -0.2) is 0 Å². The number of aliphatic imine (C=N–C) groups is 1. The number of nitrogens with zero attached hydrogens (tertiary/aromatic N) is 2. The van der Waals surface area contributed by atoms with Crippen molar-refractivity contribution in [1.29, 1.82) is 0 Å². The van der Waals surface area contributed by atoms with Gasteiger partial charge in [0.25, 0.3) is 0 Å². The van der Waals surface area contributed by atoms with Crippen molar-refractivity contribution < 1.29 is 0 Å². The van der Waals surface area contributed by atoms with E-state index in [0.29, 0.717) is 0 Å². The Morgan fingerprint density at radius 1 is 1.05 bits per heavy atom. The van der Waals surface area contributed by atoms with Crippen LogP contribution < -0.4 is 10.6 Å². The summed E-state index contributed by atoms with van der Waals surface area (Å²) in [5, 5.41) is 6.78. The average Bonchev–Trinajstić information content (AvgIpc) is 2.43. The van der Waals surface area contributed by atoms with Crippen LogP contribution in [0.15, 0.2) is 29.4 Å². The number of piperazine rings is 1. The zero-order chi connectivity index (χ0) is 13.2. The summed E-state index contributed by atoms with van der Waals surface area (Å²) < 4.78 is 0. The van der Waals surface area contributed by atoms with E-state index in [4.69, 9.17) is 0 Å². The lowest BCUT2D eigenvalue weighted by atomic mass is 10.00. The molecule has 0 aromatic carbocycles. The second kappa shape index (κ2) is 8.88. The highest BCUT2D eigenvalue weighted by atomic mass is 15.2. The van der Waals surface area contributed by atoms with Gasteiger partial charge in [-0.15, -0.1) is 0 Å². The number of rotatable bonds is 2. The Morgan fingerprint density at radius 2 is 1.95 bits per heavy atom. The van der Waals surface area contributed by atoms with Crippen molar-refractivity contribution in [1.82, 2.24) is 15.5 Å². The van der Waals surface area contributed by atoms with Crippen LogP contribution in [0.3, 0.4) is 0 Å². The first-order valence-corrected chi connectivity index (χ1v) is 7.43. The van der Waals surface area contributed by atoms with Crippen LogP contribution in [0.4, 0.5) is 0 Å². The molecule has 2 heterocycles. The fourth-order valence-corrected chi connectivity index (χ4v) is 2.59. The molecule has 1 saturated heterocycles. The maximum atomic E-state index is 4.45. The Labute approximate surface area is 116 Å². The van der Waals surface area contributed by atoms with Crippen molar-refractivity contribution in [2.45, 2.75) is 12.8 Å². The molecule has 2 rings (SSSR count). The van der Waals surface area contributed by atoms with Crippen molar-refractivity contribution in [2.24, 2.45) is 10.9 Å². The topological polar surface area (TPSA) is 39.7 Å². The second-order valence-corrected chi connectivity index (χ2v) is 5.25. The summed E-state index contributed by atoms with van der Waals surface area (Å²) in [6.07, 6.45) is 12.4. The van der Waals surface area contributed by atoms with E-state index in [2.05, 4.69) is 20.5 Å². The molecule has 19 heavy (non-hydrogen) atoms. The van der Waals surface area contributed by atoms with Crippen molar-refractivity contribution >= 4 is 6.21 Å². The summed E-state index contributed by atoms with van der Waals surface area (Å²) in [6.45, 7) is 7.88. The number of hydrogen-bond acceptors (Lipinski definition) is 4. The summed E-state index contributed by atoms with van der Waals surface area (Å²) in [7, 11) is 0. The molecule has 4 heteroatoms. The molecular weight excluding hydrogens is 236 g/mol. The van der Waals surface area contributed by atoms with Crippen LogP contribution in [-0.2, 0) is 0 Å². The van der Waals surface area contributed by atoms with Crippen LogP contribution in [0.1, 0.15) is 12.8 Å². The third-order valence-corrected chi connectivity index (χ3v) is 3.72. The van der Waals surface area contributed by atoms with E-state index >= 15 is 0 Å². The minimum atomic E-state index is 0.750. The summed E-state index contributed by atoms with van der Waals surface area (Å²) >= 11 is 0.